The van der Waals surface area contributed by atoms with Crippen LogP contribution in [0.3, 0.4) is 0 Å². The second-order valence-corrected chi connectivity index (χ2v) is 2.04. The molecular formula is C9H9N. The molecule has 1 aromatic rings. The molecule has 0 aromatic carbocycles. The Kier molecular flexibility index (Phi) is 2.07. The zero-order chi connectivity index (χ0) is 7.40. The van der Waals surface area contributed by atoms with Crippen LogP contribution in [0.1, 0.15) is 18.2 Å². The Balaban J connectivity index is 2.93. The van der Waals surface area contributed by atoms with E-state index in [-0.39, 0.29) is 0 Å². The fourth-order valence-corrected chi connectivity index (χ4v) is 0.719. The minimum Gasteiger partial charge on any atom is -0.260 e. The van der Waals surface area contributed by atoms with Gasteiger partial charge in [0.15, 0.2) is 0 Å². The Labute approximate surface area is 61.1 Å². The van der Waals surface area contributed by atoms with E-state index >= 15 is 0 Å². The van der Waals surface area contributed by atoms with Crippen molar-refractivity contribution in [3.8, 4) is 12.3 Å². The molecule has 0 amide bonds. The first-order valence-corrected chi connectivity index (χ1v) is 3.28. The van der Waals surface area contributed by atoms with E-state index in [1.807, 2.05) is 12.1 Å². The van der Waals surface area contributed by atoms with E-state index in [4.69, 9.17) is 6.42 Å². The Bertz CT molecular complexity index is 240. The van der Waals surface area contributed by atoms with Gasteiger partial charge in [-0.3, -0.25) is 4.98 Å². The summed E-state index contributed by atoms with van der Waals surface area (Å²) < 4.78 is 0. The maximum atomic E-state index is 5.15. The summed E-state index contributed by atoms with van der Waals surface area (Å²) in [7, 11) is 0. The van der Waals surface area contributed by atoms with E-state index < -0.39 is 0 Å². The lowest BCUT2D eigenvalue weighted by Gasteiger charge is -1.93. The average Bonchev–Trinajstić information content (AvgIpc) is 2.05. The van der Waals surface area contributed by atoms with Crippen molar-refractivity contribution < 1.29 is 0 Å². The van der Waals surface area contributed by atoms with Crippen molar-refractivity contribution >= 4 is 0 Å². The number of aryl methyl sites for hydroxylation is 1. The lowest BCUT2D eigenvalue weighted by atomic mass is 10.2. The van der Waals surface area contributed by atoms with Crippen LogP contribution in [0.5, 0.6) is 0 Å². The molecule has 0 saturated heterocycles. The third-order valence-corrected chi connectivity index (χ3v) is 1.35. The van der Waals surface area contributed by atoms with Gasteiger partial charge < -0.3 is 0 Å². The van der Waals surface area contributed by atoms with Crippen molar-refractivity contribution in [1.29, 1.82) is 0 Å². The van der Waals surface area contributed by atoms with E-state index in [1.165, 1.54) is 0 Å². The monoisotopic (exact) mass is 131 g/mol. The normalized spacial score (nSPS) is 8.80. The zero-order valence-electron chi connectivity index (χ0n) is 5.96. The van der Waals surface area contributed by atoms with Crippen LogP contribution < -0.4 is 0 Å². The number of pyridine rings is 1. The Morgan fingerprint density at radius 2 is 2.40 bits per heavy atom. The standard InChI is InChI=1S/C9H9N/c1-3-8-5-6-9(4-2)10-7-8/h1,5-7H,4H2,2H3. The number of rotatable bonds is 1. The molecule has 1 rings (SSSR count). The minimum atomic E-state index is 0.845. The number of terminal acetylenes is 1. The van der Waals surface area contributed by atoms with E-state index in [0.29, 0.717) is 0 Å². The summed E-state index contributed by atoms with van der Waals surface area (Å²) in [6, 6.07) is 3.86. The van der Waals surface area contributed by atoms with E-state index in [1.54, 1.807) is 6.20 Å². The van der Waals surface area contributed by atoms with Crippen LogP contribution in [0.2, 0.25) is 0 Å². The quantitative estimate of drug-likeness (QED) is 0.528. The van der Waals surface area contributed by atoms with Crippen molar-refractivity contribution in [3.05, 3.63) is 29.6 Å². The molecule has 0 radical (unpaired) electrons. The summed E-state index contributed by atoms with van der Waals surface area (Å²) in [5, 5.41) is 0. The van der Waals surface area contributed by atoms with Gasteiger partial charge in [0.1, 0.15) is 0 Å². The molecule has 0 aliphatic rings. The molecule has 0 atom stereocenters. The Hall–Kier alpha value is -1.29. The first kappa shape index (κ1) is 6.82. The molecule has 1 heteroatoms. The van der Waals surface area contributed by atoms with E-state index in [2.05, 4.69) is 17.8 Å². The molecule has 1 heterocycles. The third-order valence-electron chi connectivity index (χ3n) is 1.35. The van der Waals surface area contributed by atoms with Crippen molar-refractivity contribution in [2.24, 2.45) is 0 Å². The Morgan fingerprint density at radius 3 is 2.80 bits per heavy atom. The molecular weight excluding hydrogens is 122 g/mol. The fourth-order valence-electron chi connectivity index (χ4n) is 0.719. The molecule has 1 nitrogen and oxygen atoms in total. The van der Waals surface area contributed by atoms with Gasteiger partial charge in [0.05, 0.1) is 0 Å². The third kappa shape index (κ3) is 1.35. The van der Waals surface area contributed by atoms with Crippen molar-refractivity contribution in [1.82, 2.24) is 4.98 Å². The average molecular weight is 131 g/mol. The molecule has 10 heavy (non-hydrogen) atoms. The van der Waals surface area contributed by atoms with Crippen LogP contribution in [0.25, 0.3) is 0 Å². The summed E-state index contributed by atoms with van der Waals surface area (Å²) in [5.74, 6) is 2.52. The largest absolute Gasteiger partial charge is 0.260 e. The summed E-state index contributed by atoms with van der Waals surface area (Å²) in [6.07, 6.45) is 7.84. The van der Waals surface area contributed by atoms with Crippen LogP contribution >= 0.6 is 0 Å². The first-order valence-electron chi connectivity index (χ1n) is 3.28. The van der Waals surface area contributed by atoms with Crippen molar-refractivity contribution in [2.75, 3.05) is 0 Å². The molecule has 0 aliphatic carbocycles. The molecule has 1 aromatic heterocycles. The lowest BCUT2D eigenvalue weighted by Crippen LogP contribution is -1.85. The maximum Gasteiger partial charge on any atom is 0.0427 e. The van der Waals surface area contributed by atoms with Crippen LogP contribution in [0.15, 0.2) is 18.3 Å². The van der Waals surface area contributed by atoms with Crippen LogP contribution in [0, 0.1) is 12.3 Å². The summed E-state index contributed by atoms with van der Waals surface area (Å²) in [5.41, 5.74) is 1.93. The molecule has 0 N–H and O–H groups in total. The predicted molar refractivity (Wildman–Crippen MR) is 41.6 cm³/mol. The van der Waals surface area contributed by atoms with Gasteiger partial charge in [0, 0.05) is 17.5 Å². The molecule has 0 unspecified atom stereocenters. The smallest absolute Gasteiger partial charge is 0.0427 e. The number of nitrogens with zero attached hydrogens (tertiary/aromatic N) is 1. The summed E-state index contributed by atoms with van der Waals surface area (Å²) in [4.78, 5) is 4.13. The van der Waals surface area contributed by atoms with Crippen molar-refractivity contribution in [2.45, 2.75) is 13.3 Å². The first-order chi connectivity index (χ1) is 4.86. The second-order valence-electron chi connectivity index (χ2n) is 2.04. The minimum absolute atomic E-state index is 0.845. The summed E-state index contributed by atoms with van der Waals surface area (Å²) in [6.45, 7) is 2.07. The molecule has 0 aliphatic heterocycles. The van der Waals surface area contributed by atoms with Gasteiger partial charge >= 0.3 is 0 Å². The topological polar surface area (TPSA) is 12.9 Å². The summed E-state index contributed by atoms with van der Waals surface area (Å²) >= 11 is 0. The van der Waals surface area contributed by atoms with Crippen LogP contribution in [-0.2, 0) is 6.42 Å². The highest BCUT2D eigenvalue weighted by atomic mass is 14.7. The van der Waals surface area contributed by atoms with Gasteiger partial charge in [0.25, 0.3) is 0 Å². The zero-order valence-corrected chi connectivity index (χ0v) is 5.96. The molecule has 0 spiro atoms. The maximum absolute atomic E-state index is 5.15. The van der Waals surface area contributed by atoms with Crippen LogP contribution in [0.4, 0.5) is 0 Å². The lowest BCUT2D eigenvalue weighted by molar-refractivity contribution is 1.03. The highest BCUT2D eigenvalue weighted by Crippen LogP contribution is 1.98. The van der Waals surface area contributed by atoms with Gasteiger partial charge in [-0.2, -0.15) is 0 Å². The molecule has 0 fully saturated rings. The molecule has 0 bridgehead atoms. The number of hydrogen-bond acceptors (Lipinski definition) is 1. The number of hydrogen-bond donors (Lipinski definition) is 0. The van der Waals surface area contributed by atoms with Gasteiger partial charge in [-0.25, -0.2) is 0 Å². The fraction of sp³-hybridized carbons (Fsp3) is 0.222. The van der Waals surface area contributed by atoms with Crippen LogP contribution in [-0.4, -0.2) is 4.98 Å². The molecule has 0 saturated carbocycles. The van der Waals surface area contributed by atoms with Gasteiger partial charge in [-0.15, -0.1) is 6.42 Å². The van der Waals surface area contributed by atoms with Gasteiger partial charge in [-0.1, -0.05) is 12.8 Å². The number of aromatic nitrogens is 1. The van der Waals surface area contributed by atoms with E-state index in [9.17, 15) is 0 Å². The van der Waals surface area contributed by atoms with Gasteiger partial charge in [0.2, 0.25) is 0 Å². The predicted octanol–water partition coefficient (Wildman–Crippen LogP) is 1.63. The SMILES string of the molecule is C#Cc1ccc(CC)nc1. The highest BCUT2D eigenvalue weighted by Gasteiger charge is 1.88. The van der Waals surface area contributed by atoms with E-state index in [0.717, 1.165) is 17.7 Å². The highest BCUT2D eigenvalue weighted by molar-refractivity contribution is 5.29. The Morgan fingerprint density at radius 1 is 1.60 bits per heavy atom. The molecule has 50 valence electrons. The second kappa shape index (κ2) is 3.03. The van der Waals surface area contributed by atoms with Gasteiger partial charge in [-0.05, 0) is 18.6 Å². The van der Waals surface area contributed by atoms with Crippen molar-refractivity contribution in [3.63, 3.8) is 0 Å².